The van der Waals surface area contributed by atoms with Crippen LogP contribution >= 0.6 is 15.9 Å². The van der Waals surface area contributed by atoms with Crippen LogP contribution in [0.15, 0.2) is 57.9 Å². The van der Waals surface area contributed by atoms with Crippen molar-refractivity contribution in [1.82, 2.24) is 9.21 Å². The van der Waals surface area contributed by atoms with E-state index in [1.165, 1.54) is 28.6 Å². The Bertz CT molecular complexity index is 960. The number of amides is 1. The standard InChI is InChI=1S/C18H16BrN3O3S/c19-17-4-2-1-3-16(17)18(23)21-9-11-22(12-10-21)26(24,25)15-7-5-14(13-20)6-8-15/h1-8H,9-12H2. The number of nitrogens with zero attached hydrogens (tertiary/aromatic N) is 3. The van der Waals surface area contributed by atoms with Gasteiger partial charge in [0.2, 0.25) is 10.0 Å². The van der Waals surface area contributed by atoms with Crippen LogP contribution in [0.3, 0.4) is 0 Å². The van der Waals surface area contributed by atoms with Gasteiger partial charge in [0.25, 0.3) is 5.91 Å². The molecule has 1 amide bonds. The van der Waals surface area contributed by atoms with Gasteiger partial charge in [-0.25, -0.2) is 8.42 Å². The summed E-state index contributed by atoms with van der Waals surface area (Å²) in [6, 6.07) is 15.0. The second kappa shape index (κ2) is 7.58. The van der Waals surface area contributed by atoms with Crippen molar-refractivity contribution >= 4 is 31.9 Å². The van der Waals surface area contributed by atoms with E-state index in [9.17, 15) is 13.2 Å². The number of hydrogen-bond donors (Lipinski definition) is 0. The van der Waals surface area contributed by atoms with Gasteiger partial charge >= 0.3 is 0 Å². The molecular weight excluding hydrogens is 418 g/mol. The molecule has 0 aromatic heterocycles. The minimum atomic E-state index is -3.63. The molecule has 0 saturated carbocycles. The van der Waals surface area contributed by atoms with Crippen LogP contribution in [0.25, 0.3) is 0 Å². The molecule has 1 aliphatic rings. The minimum Gasteiger partial charge on any atom is -0.336 e. The molecule has 0 radical (unpaired) electrons. The highest BCUT2D eigenvalue weighted by Crippen LogP contribution is 2.21. The first-order valence-electron chi connectivity index (χ1n) is 7.97. The van der Waals surface area contributed by atoms with Gasteiger partial charge in [0.1, 0.15) is 0 Å². The highest BCUT2D eigenvalue weighted by atomic mass is 79.9. The lowest BCUT2D eigenvalue weighted by atomic mass is 10.2. The lowest BCUT2D eigenvalue weighted by Crippen LogP contribution is -2.50. The Morgan fingerprint density at radius 3 is 2.19 bits per heavy atom. The van der Waals surface area contributed by atoms with Crippen molar-refractivity contribution < 1.29 is 13.2 Å². The Hall–Kier alpha value is -2.21. The molecule has 26 heavy (non-hydrogen) atoms. The number of benzene rings is 2. The summed E-state index contributed by atoms with van der Waals surface area (Å²) in [5, 5.41) is 8.82. The largest absolute Gasteiger partial charge is 0.336 e. The quantitative estimate of drug-likeness (QED) is 0.744. The van der Waals surface area contributed by atoms with Crippen LogP contribution in [-0.4, -0.2) is 49.7 Å². The molecule has 0 N–H and O–H groups in total. The van der Waals surface area contributed by atoms with Gasteiger partial charge in [-0.05, 0) is 52.3 Å². The molecular formula is C18H16BrN3O3S. The van der Waals surface area contributed by atoms with Crippen LogP contribution in [0.1, 0.15) is 15.9 Å². The zero-order chi connectivity index (χ0) is 18.7. The number of carbonyl (C=O) groups is 1. The van der Waals surface area contributed by atoms with E-state index in [-0.39, 0.29) is 23.9 Å². The lowest BCUT2D eigenvalue weighted by molar-refractivity contribution is 0.0697. The number of carbonyl (C=O) groups excluding carboxylic acids is 1. The van der Waals surface area contributed by atoms with Crippen molar-refractivity contribution in [3.63, 3.8) is 0 Å². The zero-order valence-electron chi connectivity index (χ0n) is 13.8. The summed E-state index contributed by atoms with van der Waals surface area (Å²) in [7, 11) is -3.63. The van der Waals surface area contributed by atoms with Crippen molar-refractivity contribution in [2.24, 2.45) is 0 Å². The van der Waals surface area contributed by atoms with Gasteiger partial charge in [0.15, 0.2) is 0 Å². The summed E-state index contributed by atoms with van der Waals surface area (Å²) in [6.07, 6.45) is 0. The molecule has 2 aromatic rings. The summed E-state index contributed by atoms with van der Waals surface area (Å²) in [5.74, 6) is -0.118. The highest BCUT2D eigenvalue weighted by Gasteiger charge is 2.30. The van der Waals surface area contributed by atoms with E-state index in [1.807, 2.05) is 12.1 Å². The second-order valence-corrected chi connectivity index (χ2v) is 8.60. The summed E-state index contributed by atoms with van der Waals surface area (Å²) in [4.78, 5) is 14.4. The molecule has 0 atom stereocenters. The van der Waals surface area contributed by atoms with Gasteiger partial charge in [-0.2, -0.15) is 9.57 Å². The molecule has 1 aliphatic heterocycles. The average Bonchev–Trinajstić information content (AvgIpc) is 2.68. The number of nitriles is 1. The molecule has 134 valence electrons. The van der Waals surface area contributed by atoms with E-state index in [2.05, 4.69) is 15.9 Å². The lowest BCUT2D eigenvalue weighted by Gasteiger charge is -2.34. The van der Waals surface area contributed by atoms with Crippen LogP contribution in [0.5, 0.6) is 0 Å². The maximum atomic E-state index is 12.7. The van der Waals surface area contributed by atoms with E-state index in [1.54, 1.807) is 23.1 Å². The molecule has 0 spiro atoms. The van der Waals surface area contributed by atoms with Gasteiger partial charge in [-0.1, -0.05) is 12.1 Å². The first-order chi connectivity index (χ1) is 12.4. The molecule has 0 unspecified atom stereocenters. The summed E-state index contributed by atoms with van der Waals surface area (Å²) >= 11 is 3.37. The number of sulfonamides is 1. The van der Waals surface area contributed by atoms with Gasteiger partial charge in [0, 0.05) is 30.7 Å². The van der Waals surface area contributed by atoms with Crippen molar-refractivity contribution in [3.05, 3.63) is 64.1 Å². The number of piperazine rings is 1. The number of hydrogen-bond acceptors (Lipinski definition) is 4. The van der Waals surface area contributed by atoms with E-state index in [0.717, 1.165) is 4.47 Å². The topological polar surface area (TPSA) is 81.5 Å². The zero-order valence-corrected chi connectivity index (χ0v) is 16.2. The van der Waals surface area contributed by atoms with Crippen LogP contribution in [-0.2, 0) is 10.0 Å². The molecule has 0 bridgehead atoms. The van der Waals surface area contributed by atoms with E-state index in [4.69, 9.17) is 5.26 Å². The minimum absolute atomic E-state index is 0.118. The molecule has 0 aliphatic carbocycles. The third-order valence-electron chi connectivity index (χ3n) is 4.25. The molecule has 2 aromatic carbocycles. The predicted octanol–water partition coefficient (Wildman–Crippen LogP) is 2.47. The fourth-order valence-electron chi connectivity index (χ4n) is 2.79. The Morgan fingerprint density at radius 1 is 1.00 bits per heavy atom. The van der Waals surface area contributed by atoms with E-state index in [0.29, 0.717) is 24.2 Å². The Kier molecular flexibility index (Phi) is 5.41. The maximum absolute atomic E-state index is 12.7. The monoisotopic (exact) mass is 433 g/mol. The van der Waals surface area contributed by atoms with Gasteiger partial charge in [0.05, 0.1) is 22.1 Å². The summed E-state index contributed by atoms with van der Waals surface area (Å²) in [6.45, 7) is 1.13. The predicted molar refractivity (Wildman–Crippen MR) is 100.0 cm³/mol. The third-order valence-corrected chi connectivity index (χ3v) is 6.86. The van der Waals surface area contributed by atoms with Crippen molar-refractivity contribution in [1.29, 1.82) is 5.26 Å². The fourth-order valence-corrected chi connectivity index (χ4v) is 4.66. The molecule has 6 nitrogen and oxygen atoms in total. The molecule has 8 heteroatoms. The van der Waals surface area contributed by atoms with Crippen LogP contribution in [0.2, 0.25) is 0 Å². The maximum Gasteiger partial charge on any atom is 0.255 e. The van der Waals surface area contributed by atoms with Crippen molar-refractivity contribution in [2.75, 3.05) is 26.2 Å². The van der Waals surface area contributed by atoms with E-state index >= 15 is 0 Å². The SMILES string of the molecule is N#Cc1ccc(S(=O)(=O)N2CCN(C(=O)c3ccccc3Br)CC2)cc1. The molecule has 1 saturated heterocycles. The highest BCUT2D eigenvalue weighted by molar-refractivity contribution is 9.10. The van der Waals surface area contributed by atoms with Gasteiger partial charge in [-0.3, -0.25) is 4.79 Å². The van der Waals surface area contributed by atoms with Gasteiger partial charge < -0.3 is 4.90 Å². The second-order valence-electron chi connectivity index (χ2n) is 5.81. The van der Waals surface area contributed by atoms with Crippen LogP contribution < -0.4 is 0 Å². The van der Waals surface area contributed by atoms with E-state index < -0.39 is 10.0 Å². The van der Waals surface area contributed by atoms with Crippen LogP contribution in [0, 0.1) is 11.3 Å². The average molecular weight is 434 g/mol. The molecule has 1 fully saturated rings. The smallest absolute Gasteiger partial charge is 0.255 e. The van der Waals surface area contributed by atoms with Crippen LogP contribution in [0.4, 0.5) is 0 Å². The van der Waals surface area contributed by atoms with Gasteiger partial charge in [-0.15, -0.1) is 0 Å². The Morgan fingerprint density at radius 2 is 1.62 bits per heavy atom. The third kappa shape index (κ3) is 3.65. The molecule has 1 heterocycles. The summed E-state index contributed by atoms with van der Waals surface area (Å²) in [5.41, 5.74) is 0.976. The first-order valence-corrected chi connectivity index (χ1v) is 10.2. The van der Waals surface area contributed by atoms with Crippen molar-refractivity contribution in [3.8, 4) is 6.07 Å². The van der Waals surface area contributed by atoms with Crippen molar-refractivity contribution in [2.45, 2.75) is 4.90 Å². The molecule has 3 rings (SSSR count). The number of rotatable bonds is 3. The number of halogens is 1. The summed E-state index contributed by atoms with van der Waals surface area (Å²) < 4.78 is 27.5. The first kappa shape index (κ1) is 18.6. The fraction of sp³-hybridized carbons (Fsp3) is 0.222. The Labute approximate surface area is 160 Å². The Balaban J connectivity index is 1.70. The normalized spacial score (nSPS) is 15.5.